The Labute approximate surface area is 72.2 Å². The largest absolute Gasteiger partial charge is 0.391 e. The molecule has 1 rings (SSSR count). The minimum absolute atomic E-state index is 0.291. The predicted octanol–water partition coefficient (Wildman–Crippen LogP) is 0.685. The predicted molar refractivity (Wildman–Crippen MR) is 45.5 cm³/mol. The van der Waals surface area contributed by atoms with Crippen LogP contribution in [0.25, 0.3) is 0 Å². The van der Waals surface area contributed by atoms with Crippen molar-refractivity contribution in [1.29, 1.82) is 0 Å². The summed E-state index contributed by atoms with van der Waals surface area (Å²) in [5.41, 5.74) is 0. The van der Waals surface area contributed by atoms with Gasteiger partial charge in [-0.15, -0.1) is 10.2 Å². The summed E-state index contributed by atoms with van der Waals surface area (Å²) in [6, 6.07) is 0. The first-order valence-electron chi connectivity index (χ1n) is 4.19. The van der Waals surface area contributed by atoms with Crippen LogP contribution >= 0.6 is 0 Å². The summed E-state index contributed by atoms with van der Waals surface area (Å²) in [5, 5.41) is 16.8. The molecule has 68 valence electrons. The SMILES string of the molecule is CC(C)CC(O)Cn1cnnc1. The molecule has 1 heterocycles. The van der Waals surface area contributed by atoms with E-state index in [4.69, 9.17) is 0 Å². The van der Waals surface area contributed by atoms with Crippen LogP contribution in [0.1, 0.15) is 20.3 Å². The fourth-order valence-electron chi connectivity index (χ4n) is 1.18. The molecule has 12 heavy (non-hydrogen) atoms. The summed E-state index contributed by atoms with van der Waals surface area (Å²) in [4.78, 5) is 0. The van der Waals surface area contributed by atoms with Gasteiger partial charge in [-0.2, -0.15) is 0 Å². The molecule has 1 atom stereocenters. The van der Waals surface area contributed by atoms with Crippen molar-refractivity contribution < 1.29 is 5.11 Å². The molecular weight excluding hydrogens is 154 g/mol. The van der Waals surface area contributed by atoms with Gasteiger partial charge in [0.15, 0.2) is 0 Å². The average molecular weight is 169 g/mol. The molecule has 0 bridgehead atoms. The number of hydrogen-bond acceptors (Lipinski definition) is 3. The van der Waals surface area contributed by atoms with E-state index in [0.717, 1.165) is 6.42 Å². The van der Waals surface area contributed by atoms with E-state index in [1.54, 1.807) is 17.2 Å². The van der Waals surface area contributed by atoms with E-state index in [2.05, 4.69) is 24.0 Å². The first kappa shape index (κ1) is 9.19. The normalized spacial score (nSPS) is 13.7. The zero-order valence-electron chi connectivity index (χ0n) is 7.51. The lowest BCUT2D eigenvalue weighted by atomic mass is 10.1. The number of rotatable bonds is 4. The fourth-order valence-corrected chi connectivity index (χ4v) is 1.18. The summed E-state index contributed by atoms with van der Waals surface area (Å²) in [6.07, 6.45) is 3.76. The maximum atomic E-state index is 9.52. The van der Waals surface area contributed by atoms with Crippen molar-refractivity contribution in [2.24, 2.45) is 5.92 Å². The van der Waals surface area contributed by atoms with Crippen LogP contribution < -0.4 is 0 Å². The smallest absolute Gasteiger partial charge is 0.119 e. The lowest BCUT2D eigenvalue weighted by molar-refractivity contribution is 0.129. The number of aliphatic hydroxyl groups is 1. The van der Waals surface area contributed by atoms with E-state index < -0.39 is 0 Å². The van der Waals surface area contributed by atoms with E-state index in [9.17, 15) is 5.11 Å². The fraction of sp³-hybridized carbons (Fsp3) is 0.750. The molecule has 0 fully saturated rings. The Balaban J connectivity index is 2.32. The Hall–Kier alpha value is -0.900. The molecule has 0 saturated carbocycles. The van der Waals surface area contributed by atoms with Crippen LogP contribution in [0.5, 0.6) is 0 Å². The van der Waals surface area contributed by atoms with Crippen molar-refractivity contribution in [2.75, 3.05) is 0 Å². The number of aliphatic hydroxyl groups excluding tert-OH is 1. The van der Waals surface area contributed by atoms with Gasteiger partial charge >= 0.3 is 0 Å². The Bertz CT molecular complexity index is 208. The van der Waals surface area contributed by atoms with Crippen molar-refractivity contribution in [3.63, 3.8) is 0 Å². The van der Waals surface area contributed by atoms with Gasteiger partial charge in [0.05, 0.1) is 12.6 Å². The summed E-state index contributed by atoms with van der Waals surface area (Å²) in [7, 11) is 0. The molecular formula is C8H15N3O. The van der Waals surface area contributed by atoms with Gasteiger partial charge in [0, 0.05) is 0 Å². The van der Waals surface area contributed by atoms with E-state index >= 15 is 0 Å². The van der Waals surface area contributed by atoms with E-state index in [1.807, 2.05) is 0 Å². The second-order valence-electron chi connectivity index (χ2n) is 3.44. The highest BCUT2D eigenvalue weighted by molar-refractivity contribution is 4.65. The zero-order chi connectivity index (χ0) is 8.97. The summed E-state index contributed by atoms with van der Waals surface area (Å²) in [5.74, 6) is 0.525. The van der Waals surface area contributed by atoms with Gasteiger partial charge in [-0.25, -0.2) is 0 Å². The molecule has 1 N–H and O–H groups in total. The highest BCUT2D eigenvalue weighted by Crippen LogP contribution is 2.05. The quantitative estimate of drug-likeness (QED) is 0.721. The molecule has 0 saturated heterocycles. The molecule has 1 aromatic heterocycles. The molecule has 4 nitrogen and oxygen atoms in total. The van der Waals surface area contributed by atoms with Crippen LogP contribution in [0.15, 0.2) is 12.7 Å². The summed E-state index contributed by atoms with van der Waals surface area (Å²) < 4.78 is 1.78. The standard InChI is InChI=1S/C8H15N3O/c1-7(2)3-8(12)4-11-5-9-10-6-11/h5-8,12H,3-4H2,1-2H3. The molecule has 0 radical (unpaired) electrons. The Morgan fingerprint density at radius 3 is 2.42 bits per heavy atom. The van der Waals surface area contributed by atoms with Crippen molar-refractivity contribution >= 4 is 0 Å². The molecule has 1 unspecified atom stereocenters. The van der Waals surface area contributed by atoms with Crippen LogP contribution in [0.4, 0.5) is 0 Å². The van der Waals surface area contributed by atoms with Crippen LogP contribution in [-0.2, 0) is 6.54 Å². The summed E-state index contributed by atoms with van der Waals surface area (Å²) in [6.45, 7) is 4.77. The minimum Gasteiger partial charge on any atom is -0.391 e. The van der Waals surface area contributed by atoms with Gasteiger partial charge in [0.2, 0.25) is 0 Å². The van der Waals surface area contributed by atoms with Crippen molar-refractivity contribution in [2.45, 2.75) is 32.9 Å². The Morgan fingerprint density at radius 2 is 1.92 bits per heavy atom. The maximum absolute atomic E-state index is 9.52. The number of aromatic nitrogens is 3. The van der Waals surface area contributed by atoms with E-state index in [1.165, 1.54) is 0 Å². The van der Waals surface area contributed by atoms with Crippen molar-refractivity contribution in [3.05, 3.63) is 12.7 Å². The van der Waals surface area contributed by atoms with Crippen LogP contribution in [0.2, 0.25) is 0 Å². The van der Waals surface area contributed by atoms with Crippen LogP contribution in [0.3, 0.4) is 0 Å². The molecule has 0 aliphatic heterocycles. The molecule has 0 amide bonds. The lowest BCUT2D eigenvalue weighted by Crippen LogP contribution is -2.17. The number of hydrogen-bond donors (Lipinski definition) is 1. The highest BCUT2D eigenvalue weighted by Gasteiger charge is 2.06. The monoisotopic (exact) mass is 169 g/mol. The first-order chi connectivity index (χ1) is 5.68. The van der Waals surface area contributed by atoms with Crippen molar-refractivity contribution in [1.82, 2.24) is 14.8 Å². The molecule has 4 heteroatoms. The summed E-state index contributed by atoms with van der Waals surface area (Å²) >= 11 is 0. The van der Waals surface area contributed by atoms with Crippen LogP contribution in [0, 0.1) is 5.92 Å². The number of nitrogens with zero attached hydrogens (tertiary/aromatic N) is 3. The molecule has 0 spiro atoms. The third-order valence-electron chi connectivity index (χ3n) is 1.63. The molecule has 0 aromatic carbocycles. The van der Waals surface area contributed by atoms with Gasteiger partial charge < -0.3 is 9.67 Å². The van der Waals surface area contributed by atoms with Gasteiger partial charge in [-0.1, -0.05) is 13.8 Å². The topological polar surface area (TPSA) is 50.9 Å². The molecule has 1 aromatic rings. The van der Waals surface area contributed by atoms with Crippen molar-refractivity contribution in [3.8, 4) is 0 Å². The second-order valence-corrected chi connectivity index (χ2v) is 3.44. The molecule has 0 aliphatic rings. The molecule has 0 aliphatic carbocycles. The maximum Gasteiger partial charge on any atom is 0.119 e. The van der Waals surface area contributed by atoms with Gasteiger partial charge in [-0.05, 0) is 12.3 Å². The van der Waals surface area contributed by atoms with Gasteiger partial charge in [-0.3, -0.25) is 0 Å². The van der Waals surface area contributed by atoms with Gasteiger partial charge in [0.1, 0.15) is 12.7 Å². The van der Waals surface area contributed by atoms with Gasteiger partial charge in [0.25, 0.3) is 0 Å². The average Bonchev–Trinajstić information content (AvgIpc) is 2.37. The zero-order valence-corrected chi connectivity index (χ0v) is 7.51. The first-order valence-corrected chi connectivity index (χ1v) is 4.19. The second kappa shape index (κ2) is 4.21. The third kappa shape index (κ3) is 3.00. The van der Waals surface area contributed by atoms with E-state index in [0.29, 0.717) is 12.5 Å². The third-order valence-corrected chi connectivity index (χ3v) is 1.63. The lowest BCUT2D eigenvalue weighted by Gasteiger charge is -2.12. The highest BCUT2D eigenvalue weighted by atomic mass is 16.3. The van der Waals surface area contributed by atoms with Crippen LogP contribution in [-0.4, -0.2) is 26.0 Å². The Kier molecular flexibility index (Phi) is 3.22. The Morgan fingerprint density at radius 1 is 1.33 bits per heavy atom. The van der Waals surface area contributed by atoms with E-state index in [-0.39, 0.29) is 6.10 Å². The minimum atomic E-state index is -0.291.